The molecule has 0 aliphatic heterocycles. The summed E-state index contributed by atoms with van der Waals surface area (Å²) in [4.78, 5) is 15.1. The van der Waals surface area contributed by atoms with E-state index < -0.39 is 0 Å². The van der Waals surface area contributed by atoms with Gasteiger partial charge in [-0.15, -0.1) is 0 Å². The average molecular weight is 309 g/mol. The zero-order valence-corrected chi connectivity index (χ0v) is 15.1. The molecule has 2 aromatic carbocycles. The predicted molar refractivity (Wildman–Crippen MR) is 97.8 cm³/mol. The number of rotatable bonds is 4. The highest BCUT2D eigenvalue weighted by Gasteiger charge is 2.24. The highest BCUT2D eigenvalue weighted by Crippen LogP contribution is 2.29. The number of benzene rings is 2. The Morgan fingerprint density at radius 2 is 1.43 bits per heavy atom. The molecule has 0 atom stereocenters. The zero-order chi connectivity index (χ0) is 17.1. The highest BCUT2D eigenvalue weighted by molar-refractivity contribution is 6.02. The minimum absolute atomic E-state index is 0.106. The van der Waals surface area contributed by atoms with Gasteiger partial charge >= 0.3 is 0 Å². The van der Waals surface area contributed by atoms with Crippen LogP contribution in [0.25, 0.3) is 11.1 Å². The fourth-order valence-electron chi connectivity index (χ4n) is 3.15. The maximum absolute atomic E-state index is 13.2. The van der Waals surface area contributed by atoms with Crippen molar-refractivity contribution in [2.75, 3.05) is 0 Å². The molecule has 0 fully saturated rings. The number of carbonyl (C=O) groups is 1. The molecule has 0 bridgehead atoms. The van der Waals surface area contributed by atoms with Crippen LogP contribution in [0.15, 0.2) is 42.5 Å². The van der Waals surface area contributed by atoms with E-state index in [0.717, 1.165) is 22.3 Å². The molecule has 2 aromatic rings. The molecule has 0 aliphatic rings. The number of hydrogen-bond acceptors (Lipinski definition) is 1. The summed E-state index contributed by atoms with van der Waals surface area (Å²) < 4.78 is 0. The summed E-state index contributed by atoms with van der Waals surface area (Å²) in [6, 6.07) is 14.7. The second-order valence-electron chi connectivity index (χ2n) is 6.76. The summed E-state index contributed by atoms with van der Waals surface area (Å²) in [7, 11) is 0. The van der Waals surface area contributed by atoms with Crippen LogP contribution in [0.5, 0.6) is 0 Å². The van der Waals surface area contributed by atoms with E-state index in [1.165, 1.54) is 5.56 Å². The van der Waals surface area contributed by atoms with Gasteiger partial charge in [-0.25, -0.2) is 0 Å². The van der Waals surface area contributed by atoms with Crippen molar-refractivity contribution in [3.8, 4) is 11.1 Å². The van der Waals surface area contributed by atoms with Crippen molar-refractivity contribution in [3.63, 3.8) is 0 Å². The van der Waals surface area contributed by atoms with E-state index >= 15 is 0 Å². The van der Waals surface area contributed by atoms with Crippen LogP contribution in [0.1, 0.15) is 49.2 Å². The van der Waals surface area contributed by atoms with Crippen molar-refractivity contribution in [2.45, 2.75) is 53.6 Å². The summed E-state index contributed by atoms with van der Waals surface area (Å²) >= 11 is 0. The summed E-state index contributed by atoms with van der Waals surface area (Å²) in [5.41, 5.74) is 5.29. The molecule has 0 heterocycles. The molecule has 1 amide bonds. The van der Waals surface area contributed by atoms with Crippen molar-refractivity contribution in [1.82, 2.24) is 4.90 Å². The number of aryl methyl sites for hydroxylation is 2. The Morgan fingerprint density at radius 1 is 0.870 bits per heavy atom. The van der Waals surface area contributed by atoms with Gasteiger partial charge in [0.15, 0.2) is 0 Å². The van der Waals surface area contributed by atoms with Crippen LogP contribution in [-0.2, 0) is 0 Å². The molecular weight excluding hydrogens is 282 g/mol. The highest BCUT2D eigenvalue weighted by atomic mass is 16.2. The second-order valence-corrected chi connectivity index (χ2v) is 6.76. The molecule has 0 unspecified atom stereocenters. The molecule has 0 aliphatic carbocycles. The number of nitrogens with zero attached hydrogens (tertiary/aromatic N) is 1. The third-order valence-corrected chi connectivity index (χ3v) is 4.19. The van der Waals surface area contributed by atoms with Crippen LogP contribution in [0.4, 0.5) is 0 Å². The van der Waals surface area contributed by atoms with Gasteiger partial charge in [0.05, 0.1) is 0 Å². The van der Waals surface area contributed by atoms with Gasteiger partial charge in [0, 0.05) is 17.6 Å². The summed E-state index contributed by atoms with van der Waals surface area (Å²) in [5.74, 6) is 0.106. The van der Waals surface area contributed by atoms with Crippen molar-refractivity contribution >= 4 is 5.91 Å². The fraction of sp³-hybridized carbons (Fsp3) is 0.381. The third kappa shape index (κ3) is 3.64. The lowest BCUT2D eigenvalue weighted by Crippen LogP contribution is -2.42. The van der Waals surface area contributed by atoms with E-state index in [9.17, 15) is 4.79 Å². The molecule has 0 saturated carbocycles. The van der Waals surface area contributed by atoms with E-state index in [2.05, 4.69) is 71.9 Å². The second kappa shape index (κ2) is 6.99. The van der Waals surface area contributed by atoms with Crippen molar-refractivity contribution in [2.24, 2.45) is 0 Å². The van der Waals surface area contributed by atoms with E-state index in [1.807, 2.05) is 17.0 Å². The van der Waals surface area contributed by atoms with Crippen LogP contribution < -0.4 is 0 Å². The standard InChI is InChI=1S/C21H27NO/c1-14(2)22(15(3)4)21(23)19-9-7-8-17(6)20(19)18-12-10-16(5)11-13-18/h7-15H,1-6H3. The maximum Gasteiger partial charge on any atom is 0.254 e. The van der Waals surface area contributed by atoms with E-state index in [-0.39, 0.29) is 18.0 Å². The van der Waals surface area contributed by atoms with Gasteiger partial charge in [0.1, 0.15) is 0 Å². The first-order valence-electron chi connectivity index (χ1n) is 8.32. The maximum atomic E-state index is 13.2. The summed E-state index contributed by atoms with van der Waals surface area (Å²) in [6.07, 6.45) is 0. The van der Waals surface area contributed by atoms with Gasteiger partial charge < -0.3 is 4.90 Å². The SMILES string of the molecule is Cc1ccc(-c2c(C)cccc2C(=O)N(C(C)C)C(C)C)cc1. The lowest BCUT2D eigenvalue weighted by Gasteiger charge is -2.31. The predicted octanol–water partition coefficient (Wildman–Crippen LogP) is 5.23. The molecule has 0 aromatic heterocycles. The Morgan fingerprint density at radius 3 is 1.96 bits per heavy atom. The van der Waals surface area contributed by atoms with Gasteiger partial charge in [-0.2, -0.15) is 0 Å². The summed E-state index contributed by atoms with van der Waals surface area (Å²) in [6.45, 7) is 12.4. The Balaban J connectivity index is 2.57. The van der Waals surface area contributed by atoms with Crippen LogP contribution in [0.2, 0.25) is 0 Å². The van der Waals surface area contributed by atoms with Crippen LogP contribution in [-0.4, -0.2) is 22.9 Å². The molecule has 2 nitrogen and oxygen atoms in total. The van der Waals surface area contributed by atoms with Crippen molar-refractivity contribution < 1.29 is 4.79 Å². The minimum atomic E-state index is 0.106. The zero-order valence-electron chi connectivity index (χ0n) is 15.1. The summed E-state index contributed by atoms with van der Waals surface area (Å²) in [5, 5.41) is 0. The van der Waals surface area contributed by atoms with E-state index in [0.29, 0.717) is 0 Å². The van der Waals surface area contributed by atoms with E-state index in [1.54, 1.807) is 0 Å². The molecule has 23 heavy (non-hydrogen) atoms. The molecule has 0 spiro atoms. The van der Waals surface area contributed by atoms with Gasteiger partial charge in [-0.05, 0) is 64.3 Å². The molecule has 0 radical (unpaired) electrons. The largest absolute Gasteiger partial charge is 0.334 e. The number of carbonyl (C=O) groups excluding carboxylic acids is 1. The van der Waals surface area contributed by atoms with Gasteiger partial charge in [0.25, 0.3) is 5.91 Å². The van der Waals surface area contributed by atoms with Crippen LogP contribution >= 0.6 is 0 Å². The Labute approximate surface area is 140 Å². The number of hydrogen-bond donors (Lipinski definition) is 0. The minimum Gasteiger partial charge on any atom is -0.334 e. The Hall–Kier alpha value is -2.09. The third-order valence-electron chi connectivity index (χ3n) is 4.19. The lowest BCUT2D eigenvalue weighted by molar-refractivity contribution is 0.0644. The first-order chi connectivity index (χ1) is 10.8. The number of amides is 1. The Kier molecular flexibility index (Phi) is 5.25. The van der Waals surface area contributed by atoms with Crippen molar-refractivity contribution in [3.05, 3.63) is 59.2 Å². The molecule has 0 saturated heterocycles. The average Bonchev–Trinajstić information content (AvgIpc) is 2.47. The van der Waals surface area contributed by atoms with Gasteiger partial charge in [-0.1, -0.05) is 42.0 Å². The fourth-order valence-corrected chi connectivity index (χ4v) is 3.15. The molecule has 122 valence electrons. The van der Waals surface area contributed by atoms with Gasteiger partial charge in [0.2, 0.25) is 0 Å². The quantitative estimate of drug-likeness (QED) is 0.757. The first kappa shape index (κ1) is 17.3. The van der Waals surface area contributed by atoms with Crippen molar-refractivity contribution in [1.29, 1.82) is 0 Å². The lowest BCUT2D eigenvalue weighted by atomic mass is 9.93. The normalized spacial score (nSPS) is 11.1. The van der Waals surface area contributed by atoms with Crippen LogP contribution in [0, 0.1) is 13.8 Å². The molecule has 0 N–H and O–H groups in total. The van der Waals surface area contributed by atoms with E-state index in [4.69, 9.17) is 0 Å². The molecular formula is C21H27NO. The molecule has 2 heteroatoms. The monoisotopic (exact) mass is 309 g/mol. The topological polar surface area (TPSA) is 20.3 Å². The smallest absolute Gasteiger partial charge is 0.254 e. The first-order valence-corrected chi connectivity index (χ1v) is 8.32. The van der Waals surface area contributed by atoms with Crippen LogP contribution in [0.3, 0.4) is 0 Å². The van der Waals surface area contributed by atoms with Gasteiger partial charge in [-0.3, -0.25) is 4.79 Å². The Bertz CT molecular complexity index is 675. The molecule has 2 rings (SSSR count).